The van der Waals surface area contributed by atoms with Gasteiger partial charge in [0.1, 0.15) is 0 Å². The van der Waals surface area contributed by atoms with Crippen molar-refractivity contribution < 1.29 is 5.11 Å². The highest BCUT2D eigenvalue weighted by atomic mass is 32.1. The normalized spacial score (nSPS) is 20.7. The van der Waals surface area contributed by atoms with E-state index in [0.29, 0.717) is 0 Å². The van der Waals surface area contributed by atoms with Crippen LogP contribution in [-0.2, 0) is 0 Å². The minimum absolute atomic E-state index is 0.214. The molecule has 0 amide bonds. The van der Waals surface area contributed by atoms with E-state index in [-0.39, 0.29) is 6.10 Å². The van der Waals surface area contributed by atoms with Gasteiger partial charge in [0.15, 0.2) is 0 Å². The highest BCUT2D eigenvalue weighted by Crippen LogP contribution is 2.33. The Hall–Kier alpha value is -0.340. The van der Waals surface area contributed by atoms with Crippen molar-refractivity contribution in [2.75, 3.05) is 0 Å². The zero-order chi connectivity index (χ0) is 9.10. The third-order valence-electron chi connectivity index (χ3n) is 2.96. The molecule has 1 nitrogen and oxygen atoms in total. The van der Waals surface area contributed by atoms with Crippen molar-refractivity contribution in [1.82, 2.24) is 0 Å². The van der Waals surface area contributed by atoms with Crippen LogP contribution in [0.5, 0.6) is 0 Å². The number of hydrogen-bond acceptors (Lipinski definition) is 2. The summed E-state index contributed by atoms with van der Waals surface area (Å²) in [7, 11) is 0. The van der Waals surface area contributed by atoms with Gasteiger partial charge in [-0.05, 0) is 34.7 Å². The van der Waals surface area contributed by atoms with Gasteiger partial charge in [0, 0.05) is 0 Å². The SMILES string of the molecule is OC(CC1CCCC1)c1ccsc1. The molecule has 1 fully saturated rings. The molecule has 0 bridgehead atoms. The van der Waals surface area contributed by atoms with Crippen LogP contribution in [0.4, 0.5) is 0 Å². The first-order valence-corrected chi connectivity index (χ1v) is 6.00. The fourth-order valence-corrected chi connectivity index (χ4v) is 2.87. The van der Waals surface area contributed by atoms with E-state index in [4.69, 9.17) is 0 Å². The summed E-state index contributed by atoms with van der Waals surface area (Å²) in [6.07, 6.45) is 6.12. The first-order valence-electron chi connectivity index (χ1n) is 5.06. The Morgan fingerprint density at radius 1 is 1.46 bits per heavy atom. The molecule has 1 aliphatic carbocycles. The molecule has 1 N–H and O–H groups in total. The van der Waals surface area contributed by atoms with Gasteiger partial charge >= 0.3 is 0 Å². The highest BCUT2D eigenvalue weighted by molar-refractivity contribution is 7.07. The summed E-state index contributed by atoms with van der Waals surface area (Å²) in [5.74, 6) is 0.773. The number of rotatable bonds is 3. The summed E-state index contributed by atoms with van der Waals surface area (Å²) >= 11 is 1.67. The van der Waals surface area contributed by atoms with Crippen LogP contribution in [-0.4, -0.2) is 5.11 Å². The van der Waals surface area contributed by atoms with Crippen LogP contribution in [0.15, 0.2) is 16.8 Å². The quantitative estimate of drug-likeness (QED) is 0.786. The Balaban J connectivity index is 1.87. The molecule has 1 atom stereocenters. The molecular weight excluding hydrogens is 180 g/mol. The van der Waals surface area contributed by atoms with Gasteiger partial charge in [0.05, 0.1) is 6.10 Å². The Kier molecular flexibility index (Phi) is 3.01. The van der Waals surface area contributed by atoms with Crippen LogP contribution in [0.25, 0.3) is 0 Å². The second-order valence-corrected chi connectivity index (χ2v) is 4.74. The van der Waals surface area contributed by atoms with Crippen molar-refractivity contribution >= 4 is 11.3 Å². The van der Waals surface area contributed by atoms with Gasteiger partial charge in [-0.2, -0.15) is 11.3 Å². The molecule has 72 valence electrons. The minimum atomic E-state index is -0.214. The van der Waals surface area contributed by atoms with Gasteiger partial charge in [0.25, 0.3) is 0 Å². The maximum atomic E-state index is 9.88. The molecule has 1 unspecified atom stereocenters. The van der Waals surface area contributed by atoms with E-state index in [1.165, 1.54) is 25.7 Å². The molecule has 0 spiro atoms. The maximum Gasteiger partial charge on any atom is 0.0800 e. The molecule has 1 aromatic heterocycles. The Morgan fingerprint density at radius 2 is 2.23 bits per heavy atom. The number of aliphatic hydroxyl groups is 1. The first kappa shape index (κ1) is 9.22. The topological polar surface area (TPSA) is 20.2 Å². The van der Waals surface area contributed by atoms with Gasteiger partial charge in [0.2, 0.25) is 0 Å². The molecule has 2 heteroatoms. The van der Waals surface area contributed by atoms with E-state index in [1.54, 1.807) is 11.3 Å². The van der Waals surface area contributed by atoms with Crippen LogP contribution in [0, 0.1) is 5.92 Å². The smallest absolute Gasteiger partial charge is 0.0800 e. The molecule has 0 aliphatic heterocycles. The third-order valence-corrected chi connectivity index (χ3v) is 3.66. The largest absolute Gasteiger partial charge is 0.388 e. The van der Waals surface area contributed by atoms with Crippen molar-refractivity contribution in [3.05, 3.63) is 22.4 Å². The van der Waals surface area contributed by atoms with Crippen molar-refractivity contribution in [3.8, 4) is 0 Å². The number of aliphatic hydroxyl groups excluding tert-OH is 1. The van der Waals surface area contributed by atoms with Crippen molar-refractivity contribution in [3.63, 3.8) is 0 Å². The summed E-state index contributed by atoms with van der Waals surface area (Å²) in [6.45, 7) is 0. The van der Waals surface area contributed by atoms with Gasteiger partial charge in [-0.1, -0.05) is 25.7 Å². The zero-order valence-electron chi connectivity index (χ0n) is 7.78. The van der Waals surface area contributed by atoms with Crippen molar-refractivity contribution in [1.29, 1.82) is 0 Å². The van der Waals surface area contributed by atoms with Crippen LogP contribution >= 0.6 is 11.3 Å². The van der Waals surface area contributed by atoms with E-state index < -0.39 is 0 Å². The summed E-state index contributed by atoms with van der Waals surface area (Å²) in [5, 5.41) is 14.0. The minimum Gasteiger partial charge on any atom is -0.388 e. The van der Waals surface area contributed by atoms with E-state index in [1.807, 2.05) is 11.4 Å². The van der Waals surface area contributed by atoms with E-state index in [9.17, 15) is 5.11 Å². The molecular formula is C11H16OS. The van der Waals surface area contributed by atoms with Crippen molar-refractivity contribution in [2.45, 2.75) is 38.2 Å². The van der Waals surface area contributed by atoms with Crippen LogP contribution in [0.2, 0.25) is 0 Å². The fourth-order valence-electron chi connectivity index (χ4n) is 2.16. The highest BCUT2D eigenvalue weighted by Gasteiger charge is 2.19. The average Bonchev–Trinajstić information content (AvgIpc) is 2.74. The zero-order valence-corrected chi connectivity index (χ0v) is 8.59. The van der Waals surface area contributed by atoms with E-state index >= 15 is 0 Å². The van der Waals surface area contributed by atoms with Gasteiger partial charge in [-0.15, -0.1) is 0 Å². The number of hydrogen-bond donors (Lipinski definition) is 1. The predicted molar refractivity (Wildman–Crippen MR) is 55.9 cm³/mol. The monoisotopic (exact) mass is 196 g/mol. The lowest BCUT2D eigenvalue weighted by atomic mass is 9.97. The third kappa shape index (κ3) is 2.32. The summed E-state index contributed by atoms with van der Waals surface area (Å²) < 4.78 is 0. The summed E-state index contributed by atoms with van der Waals surface area (Å²) in [6, 6.07) is 2.03. The Labute approximate surface area is 83.4 Å². The second kappa shape index (κ2) is 4.25. The van der Waals surface area contributed by atoms with Gasteiger partial charge in [-0.3, -0.25) is 0 Å². The first-order chi connectivity index (χ1) is 6.36. The lowest BCUT2D eigenvalue weighted by molar-refractivity contribution is 0.145. The van der Waals surface area contributed by atoms with Gasteiger partial charge in [-0.25, -0.2) is 0 Å². The fraction of sp³-hybridized carbons (Fsp3) is 0.636. The molecule has 2 rings (SSSR count). The van der Waals surface area contributed by atoms with Crippen LogP contribution in [0.3, 0.4) is 0 Å². The number of thiophene rings is 1. The molecule has 0 saturated heterocycles. The lowest BCUT2D eigenvalue weighted by Crippen LogP contribution is -2.02. The standard InChI is InChI=1S/C11H16OS/c12-11(10-5-6-13-8-10)7-9-3-1-2-4-9/h5-6,8-9,11-12H,1-4,7H2. The predicted octanol–water partition coefficient (Wildman–Crippen LogP) is 3.36. The second-order valence-electron chi connectivity index (χ2n) is 3.96. The van der Waals surface area contributed by atoms with E-state index in [0.717, 1.165) is 17.9 Å². The molecule has 1 saturated carbocycles. The Morgan fingerprint density at radius 3 is 2.85 bits per heavy atom. The molecule has 0 radical (unpaired) electrons. The summed E-state index contributed by atoms with van der Waals surface area (Å²) in [5.41, 5.74) is 1.11. The molecule has 1 aliphatic rings. The molecule has 13 heavy (non-hydrogen) atoms. The van der Waals surface area contributed by atoms with E-state index in [2.05, 4.69) is 5.38 Å². The maximum absolute atomic E-state index is 9.88. The lowest BCUT2D eigenvalue weighted by Gasteiger charge is -2.13. The van der Waals surface area contributed by atoms with Crippen LogP contribution < -0.4 is 0 Å². The molecule has 1 heterocycles. The Bertz CT molecular complexity index is 237. The van der Waals surface area contributed by atoms with Gasteiger partial charge < -0.3 is 5.11 Å². The molecule has 1 aromatic rings. The molecule has 0 aromatic carbocycles. The van der Waals surface area contributed by atoms with Crippen molar-refractivity contribution in [2.24, 2.45) is 5.92 Å². The average molecular weight is 196 g/mol. The summed E-state index contributed by atoms with van der Waals surface area (Å²) in [4.78, 5) is 0. The van der Waals surface area contributed by atoms with Crippen LogP contribution in [0.1, 0.15) is 43.8 Å².